The van der Waals surface area contributed by atoms with Crippen LogP contribution in [0.5, 0.6) is 0 Å². The molecule has 0 aliphatic rings. The lowest BCUT2D eigenvalue weighted by Gasteiger charge is -2.20. The normalized spacial score (nSPS) is 12.8. The maximum atomic E-state index is 12.5. The van der Waals surface area contributed by atoms with Crippen LogP contribution in [0.1, 0.15) is 399 Å². The van der Waals surface area contributed by atoms with Gasteiger partial charge in [-0.25, -0.2) is 0 Å². The molecule has 6 heteroatoms. The van der Waals surface area contributed by atoms with Gasteiger partial charge in [-0.2, -0.15) is 0 Å². The predicted octanol–water partition coefficient (Wildman–Crippen LogP) is 24.0. The van der Waals surface area contributed by atoms with Gasteiger partial charge in [-0.1, -0.05) is 345 Å². The number of hydrogen-bond acceptors (Lipinski definition) is 5. The second kappa shape index (κ2) is 71.3. The van der Waals surface area contributed by atoms with Crippen LogP contribution in [-0.4, -0.2) is 47.4 Å². The van der Waals surface area contributed by atoms with Crippen molar-refractivity contribution in [1.82, 2.24) is 5.32 Å². The Morgan fingerprint density at radius 3 is 0.951 bits per heavy atom. The van der Waals surface area contributed by atoms with E-state index in [9.17, 15) is 19.8 Å². The Balaban J connectivity index is 3.37. The zero-order valence-electron chi connectivity index (χ0n) is 55.2. The van der Waals surface area contributed by atoms with E-state index >= 15 is 0 Å². The first-order valence-corrected chi connectivity index (χ1v) is 36.9. The van der Waals surface area contributed by atoms with Gasteiger partial charge in [0.1, 0.15) is 0 Å². The number of rotatable bonds is 69. The molecule has 0 fully saturated rings. The van der Waals surface area contributed by atoms with E-state index in [1.54, 1.807) is 6.08 Å². The molecule has 0 spiro atoms. The minimum absolute atomic E-state index is 0.0103. The Morgan fingerprint density at radius 2 is 0.610 bits per heavy atom. The molecule has 0 bridgehead atoms. The SMILES string of the molecule is CCCCCC/C=C\C/C=C\CCCCCCCCCC(=O)OCCCCCCCCCCCCCC/C=C\CCCCCCCCCCCCCCCCCC(=O)NC(CO)C(O)/C=C/CCCCCCCCCCCCCCCC. The van der Waals surface area contributed by atoms with E-state index < -0.39 is 12.1 Å². The van der Waals surface area contributed by atoms with Crippen molar-refractivity contribution in [3.8, 4) is 0 Å². The minimum Gasteiger partial charge on any atom is -0.466 e. The van der Waals surface area contributed by atoms with E-state index in [2.05, 4.69) is 55.6 Å². The molecule has 0 heterocycles. The average molecular weight is 1150 g/mol. The third-order valence-electron chi connectivity index (χ3n) is 17.1. The molecule has 0 aromatic carbocycles. The Bertz CT molecular complexity index is 1370. The van der Waals surface area contributed by atoms with Crippen LogP contribution >= 0.6 is 0 Å². The zero-order chi connectivity index (χ0) is 59.2. The maximum absolute atomic E-state index is 12.5. The molecule has 0 aliphatic carbocycles. The van der Waals surface area contributed by atoms with Gasteiger partial charge >= 0.3 is 5.97 Å². The molecule has 0 aliphatic heterocycles. The summed E-state index contributed by atoms with van der Waals surface area (Å²) in [6.07, 6.45) is 93.5. The second-order valence-corrected chi connectivity index (χ2v) is 25.3. The number of esters is 1. The summed E-state index contributed by atoms with van der Waals surface area (Å²) in [5, 5.41) is 23.2. The number of hydrogen-bond donors (Lipinski definition) is 3. The summed E-state index contributed by atoms with van der Waals surface area (Å²) in [5.74, 6) is -0.0533. The Labute approximate surface area is 512 Å². The third kappa shape index (κ3) is 67.0. The summed E-state index contributed by atoms with van der Waals surface area (Å²) >= 11 is 0. The highest BCUT2D eigenvalue weighted by molar-refractivity contribution is 5.76. The van der Waals surface area contributed by atoms with Gasteiger partial charge in [0.25, 0.3) is 0 Å². The highest BCUT2D eigenvalue weighted by Crippen LogP contribution is 2.18. The van der Waals surface area contributed by atoms with Gasteiger partial charge in [0, 0.05) is 12.8 Å². The van der Waals surface area contributed by atoms with Gasteiger partial charge in [-0.15, -0.1) is 0 Å². The molecule has 0 radical (unpaired) electrons. The summed E-state index contributed by atoms with van der Waals surface area (Å²) in [7, 11) is 0. The maximum Gasteiger partial charge on any atom is 0.305 e. The van der Waals surface area contributed by atoms with Crippen LogP contribution in [0.4, 0.5) is 0 Å². The van der Waals surface area contributed by atoms with E-state index in [0.29, 0.717) is 19.4 Å². The summed E-state index contributed by atoms with van der Waals surface area (Å²) in [6.45, 7) is 4.91. The first kappa shape index (κ1) is 79.8. The molecule has 82 heavy (non-hydrogen) atoms. The van der Waals surface area contributed by atoms with E-state index in [4.69, 9.17) is 4.74 Å². The van der Waals surface area contributed by atoms with Gasteiger partial charge in [0.15, 0.2) is 0 Å². The summed E-state index contributed by atoms with van der Waals surface area (Å²) < 4.78 is 5.50. The van der Waals surface area contributed by atoms with Crippen molar-refractivity contribution in [1.29, 1.82) is 0 Å². The quantitative estimate of drug-likeness (QED) is 0.0320. The van der Waals surface area contributed by atoms with Crippen molar-refractivity contribution in [3.63, 3.8) is 0 Å². The molecule has 0 aromatic heterocycles. The molecular weight excluding hydrogens is 1010 g/mol. The zero-order valence-corrected chi connectivity index (χ0v) is 55.2. The van der Waals surface area contributed by atoms with Crippen LogP contribution < -0.4 is 5.32 Å². The van der Waals surface area contributed by atoms with E-state index in [1.807, 2.05) is 6.08 Å². The summed E-state index contributed by atoms with van der Waals surface area (Å²) in [5.41, 5.74) is 0. The lowest BCUT2D eigenvalue weighted by molar-refractivity contribution is -0.143. The van der Waals surface area contributed by atoms with Gasteiger partial charge in [0.2, 0.25) is 5.91 Å². The molecule has 2 atom stereocenters. The molecular formula is C76H143NO5. The van der Waals surface area contributed by atoms with Crippen molar-refractivity contribution < 1.29 is 24.5 Å². The van der Waals surface area contributed by atoms with E-state index in [-0.39, 0.29) is 18.5 Å². The fourth-order valence-corrected chi connectivity index (χ4v) is 11.4. The molecule has 0 saturated carbocycles. The fraction of sp³-hybridized carbons (Fsp3) is 0.868. The Kier molecular flexibility index (Phi) is 69.4. The third-order valence-corrected chi connectivity index (χ3v) is 17.1. The predicted molar refractivity (Wildman–Crippen MR) is 361 cm³/mol. The van der Waals surface area contributed by atoms with Crippen molar-refractivity contribution in [2.24, 2.45) is 0 Å². The molecule has 482 valence electrons. The number of unbranched alkanes of at least 4 members (excludes halogenated alkanes) is 52. The van der Waals surface area contributed by atoms with Gasteiger partial charge in [-0.3, -0.25) is 9.59 Å². The van der Waals surface area contributed by atoms with Crippen LogP contribution in [-0.2, 0) is 14.3 Å². The van der Waals surface area contributed by atoms with Crippen molar-refractivity contribution in [3.05, 3.63) is 48.6 Å². The summed E-state index contributed by atoms with van der Waals surface area (Å²) in [4.78, 5) is 24.6. The van der Waals surface area contributed by atoms with Crippen LogP contribution in [0, 0.1) is 0 Å². The summed E-state index contributed by atoms with van der Waals surface area (Å²) in [6, 6.07) is -0.627. The van der Waals surface area contributed by atoms with Crippen molar-refractivity contribution in [2.75, 3.05) is 13.2 Å². The van der Waals surface area contributed by atoms with Gasteiger partial charge in [-0.05, 0) is 89.9 Å². The smallest absolute Gasteiger partial charge is 0.305 e. The minimum atomic E-state index is -0.844. The first-order valence-electron chi connectivity index (χ1n) is 36.9. The average Bonchev–Trinajstić information content (AvgIpc) is 3.48. The molecule has 0 saturated heterocycles. The number of carbonyl (C=O) groups excluding carboxylic acids is 2. The number of allylic oxidation sites excluding steroid dienone is 7. The standard InChI is InChI=1S/C76H143NO5/c1-3-5-7-9-11-13-15-17-19-21-38-42-46-50-54-58-62-66-70-76(81)82-71-67-63-59-55-51-47-43-39-36-34-32-30-28-26-24-22-23-25-27-29-31-33-35-37-41-45-49-53-57-61-65-69-75(80)77-73(72-78)74(79)68-64-60-56-52-48-44-40-20-18-16-14-12-10-8-6-4-2/h13,15,19,21,24,26,64,68,73-74,78-79H,3-12,14,16-18,20,22-23,25,27-63,65-67,69-72H2,1-2H3,(H,77,80)/b15-13-,21-19-,26-24-,68-64+. The molecule has 1 amide bonds. The molecule has 6 nitrogen and oxygen atoms in total. The van der Waals surface area contributed by atoms with E-state index in [0.717, 1.165) is 51.4 Å². The molecule has 2 unspecified atom stereocenters. The van der Waals surface area contributed by atoms with Crippen LogP contribution in [0.15, 0.2) is 48.6 Å². The van der Waals surface area contributed by atoms with Gasteiger partial charge in [0.05, 0.1) is 25.4 Å². The monoisotopic (exact) mass is 1150 g/mol. The Morgan fingerprint density at radius 1 is 0.341 bits per heavy atom. The van der Waals surface area contributed by atoms with Gasteiger partial charge < -0.3 is 20.3 Å². The number of aliphatic hydroxyl groups is 2. The Hall–Kier alpha value is -2.18. The van der Waals surface area contributed by atoms with Crippen LogP contribution in [0.3, 0.4) is 0 Å². The number of aliphatic hydroxyl groups excluding tert-OH is 2. The van der Waals surface area contributed by atoms with Crippen molar-refractivity contribution >= 4 is 11.9 Å². The number of amides is 1. The molecule has 0 rings (SSSR count). The highest BCUT2D eigenvalue weighted by Gasteiger charge is 2.18. The van der Waals surface area contributed by atoms with Crippen LogP contribution in [0.25, 0.3) is 0 Å². The van der Waals surface area contributed by atoms with Crippen molar-refractivity contribution in [2.45, 2.75) is 411 Å². The molecule has 0 aromatic rings. The fourth-order valence-electron chi connectivity index (χ4n) is 11.4. The van der Waals surface area contributed by atoms with E-state index in [1.165, 1.54) is 321 Å². The molecule has 3 N–H and O–H groups in total. The largest absolute Gasteiger partial charge is 0.466 e. The highest BCUT2D eigenvalue weighted by atomic mass is 16.5. The van der Waals surface area contributed by atoms with Crippen LogP contribution in [0.2, 0.25) is 0 Å². The lowest BCUT2D eigenvalue weighted by atomic mass is 10.0. The lowest BCUT2D eigenvalue weighted by Crippen LogP contribution is -2.45. The number of nitrogens with one attached hydrogen (secondary N) is 1. The second-order valence-electron chi connectivity index (χ2n) is 25.3. The number of ether oxygens (including phenoxy) is 1. The first-order chi connectivity index (χ1) is 40.5. The topological polar surface area (TPSA) is 95.9 Å². The number of carbonyl (C=O) groups is 2.